The quantitative estimate of drug-likeness (QED) is 0.581. The monoisotopic (exact) mass is 436 g/mol. The van der Waals surface area contributed by atoms with E-state index in [-0.39, 0.29) is 12.4 Å². The Morgan fingerprint density at radius 1 is 1.26 bits per heavy atom. The lowest BCUT2D eigenvalue weighted by molar-refractivity contribution is 0.0926. The van der Waals surface area contributed by atoms with Crippen LogP contribution in [0, 0.1) is 0 Å². The van der Waals surface area contributed by atoms with E-state index in [0.717, 1.165) is 5.56 Å². The van der Waals surface area contributed by atoms with Crippen LogP contribution in [0.3, 0.4) is 0 Å². The second kappa shape index (κ2) is 8.52. The molecule has 3 aromatic rings. The van der Waals surface area contributed by atoms with Crippen LogP contribution in [-0.2, 0) is 6.54 Å². The van der Waals surface area contributed by atoms with E-state index in [0.29, 0.717) is 28.5 Å². The Morgan fingerprint density at radius 3 is 2.77 bits per heavy atom. The van der Waals surface area contributed by atoms with Crippen LogP contribution in [0.5, 0.6) is 5.75 Å². The molecule has 1 aromatic heterocycles. The van der Waals surface area contributed by atoms with E-state index in [1.54, 1.807) is 34.8 Å². The van der Waals surface area contributed by atoms with Crippen molar-refractivity contribution in [3.05, 3.63) is 71.8 Å². The Morgan fingerprint density at radius 2 is 2.03 bits per heavy atom. The van der Waals surface area contributed by atoms with Crippen LogP contribution in [0.1, 0.15) is 26.5 Å². The molecule has 1 aliphatic heterocycles. The average molecular weight is 436 g/mol. The van der Waals surface area contributed by atoms with Gasteiger partial charge in [-0.05, 0) is 23.8 Å². The number of likely N-dealkylation sites (N-methyl/N-ethyl adjacent to an activating group) is 1. The number of aromatic nitrogens is 3. The Labute approximate surface area is 183 Å². The maximum Gasteiger partial charge on any atom is 0.291 e. The fraction of sp³-hybridized carbons (Fsp3) is 0.190. The maximum atomic E-state index is 12.7. The van der Waals surface area contributed by atoms with Gasteiger partial charge in [0.15, 0.2) is 0 Å². The predicted octanol–water partition coefficient (Wildman–Crippen LogP) is 1.38. The first-order chi connectivity index (χ1) is 14.9. The molecule has 1 atom stereocenters. The summed E-state index contributed by atoms with van der Waals surface area (Å²) in [6, 6.07) is 14.0. The minimum absolute atomic E-state index is 0.0409. The number of thiocarbonyl (C=S) groups is 1. The van der Waals surface area contributed by atoms with Crippen molar-refractivity contribution in [2.75, 3.05) is 18.6 Å². The van der Waals surface area contributed by atoms with Crippen LogP contribution in [0.4, 0.5) is 5.69 Å². The number of anilines is 1. The van der Waals surface area contributed by atoms with Crippen LogP contribution >= 0.6 is 12.2 Å². The van der Waals surface area contributed by atoms with Gasteiger partial charge in [-0.25, -0.2) is 9.67 Å². The van der Waals surface area contributed by atoms with Crippen LogP contribution in [0.2, 0.25) is 0 Å². The van der Waals surface area contributed by atoms with Gasteiger partial charge in [0.2, 0.25) is 11.7 Å². The van der Waals surface area contributed by atoms with Crippen molar-refractivity contribution in [1.29, 1.82) is 0 Å². The maximum absolute atomic E-state index is 12.7. The van der Waals surface area contributed by atoms with E-state index in [2.05, 4.69) is 15.4 Å². The molecule has 2 heterocycles. The summed E-state index contributed by atoms with van der Waals surface area (Å²) in [5.41, 5.74) is 7.36. The number of ether oxygens (including phenoxy) is 1. The third-order valence-electron chi connectivity index (χ3n) is 4.87. The first-order valence-corrected chi connectivity index (χ1v) is 9.91. The number of nitrogens with zero attached hydrogens (tertiary/aromatic N) is 4. The standard InChI is InChI=1S/C21H20N6O3S/c1-26-16-9-14(18(22)28)7-8-17(16)30-11-15(21(26)31)24-20(29)19-23-12-27(25-19)10-13-5-3-2-4-6-13/h2-9,12,15H,10-11H2,1H3,(H2,22,28)(H,24,29). The molecule has 0 saturated heterocycles. The highest BCUT2D eigenvalue weighted by Crippen LogP contribution is 2.32. The zero-order valence-corrected chi connectivity index (χ0v) is 17.5. The summed E-state index contributed by atoms with van der Waals surface area (Å²) in [5, 5.41) is 7.08. The van der Waals surface area contributed by atoms with Gasteiger partial charge in [-0.3, -0.25) is 9.59 Å². The van der Waals surface area contributed by atoms with Crippen LogP contribution in [0.25, 0.3) is 0 Å². The lowest BCUT2D eigenvalue weighted by atomic mass is 10.1. The van der Waals surface area contributed by atoms with Crippen molar-refractivity contribution >= 4 is 34.7 Å². The highest BCUT2D eigenvalue weighted by Gasteiger charge is 2.29. The molecule has 1 unspecified atom stereocenters. The van der Waals surface area contributed by atoms with E-state index in [4.69, 9.17) is 22.7 Å². The molecule has 0 spiro atoms. The van der Waals surface area contributed by atoms with Crippen LogP contribution in [-0.4, -0.2) is 51.3 Å². The normalized spacial score (nSPS) is 15.6. The number of carbonyl (C=O) groups is 2. The SMILES string of the molecule is CN1C(=S)C(NC(=O)c2ncn(Cc3ccccc3)n2)COc2ccc(C(N)=O)cc21. The fourth-order valence-corrected chi connectivity index (χ4v) is 3.45. The minimum Gasteiger partial charge on any atom is -0.489 e. The molecule has 1 aliphatic rings. The molecule has 0 fully saturated rings. The zero-order chi connectivity index (χ0) is 22.0. The molecule has 10 heteroatoms. The zero-order valence-electron chi connectivity index (χ0n) is 16.7. The van der Waals surface area contributed by atoms with Crippen molar-refractivity contribution in [2.24, 2.45) is 5.73 Å². The smallest absolute Gasteiger partial charge is 0.291 e. The van der Waals surface area contributed by atoms with Gasteiger partial charge in [-0.2, -0.15) is 0 Å². The Balaban J connectivity index is 1.46. The number of fused-ring (bicyclic) bond motifs is 1. The lowest BCUT2D eigenvalue weighted by Crippen LogP contribution is -2.48. The minimum atomic E-state index is -0.585. The van der Waals surface area contributed by atoms with Gasteiger partial charge < -0.3 is 20.7 Å². The molecule has 0 aliphatic carbocycles. The molecule has 0 bridgehead atoms. The summed E-state index contributed by atoms with van der Waals surface area (Å²) in [6.45, 7) is 0.634. The van der Waals surface area contributed by atoms with Gasteiger partial charge >= 0.3 is 0 Å². The molecule has 0 radical (unpaired) electrons. The summed E-state index contributed by atoms with van der Waals surface area (Å²) in [7, 11) is 1.74. The van der Waals surface area contributed by atoms with E-state index >= 15 is 0 Å². The summed E-state index contributed by atoms with van der Waals surface area (Å²) < 4.78 is 7.41. The summed E-state index contributed by atoms with van der Waals surface area (Å²) in [5.74, 6) is -0.427. The molecular formula is C21H20N6O3S. The molecule has 3 N–H and O–H groups in total. The van der Waals surface area contributed by atoms with E-state index in [1.165, 1.54) is 6.33 Å². The number of rotatable bonds is 5. The van der Waals surface area contributed by atoms with Crippen molar-refractivity contribution in [3.63, 3.8) is 0 Å². The fourth-order valence-electron chi connectivity index (χ4n) is 3.22. The van der Waals surface area contributed by atoms with E-state index < -0.39 is 17.9 Å². The third-order valence-corrected chi connectivity index (χ3v) is 5.43. The second-order valence-corrected chi connectivity index (χ2v) is 7.45. The number of hydrogen-bond acceptors (Lipinski definition) is 6. The Kier molecular flexibility index (Phi) is 5.63. The number of hydrogen-bond donors (Lipinski definition) is 2. The van der Waals surface area contributed by atoms with Gasteiger partial charge in [0.25, 0.3) is 5.91 Å². The largest absolute Gasteiger partial charge is 0.489 e. The van der Waals surface area contributed by atoms with Crippen molar-refractivity contribution in [2.45, 2.75) is 12.6 Å². The molecule has 0 saturated carbocycles. The first-order valence-electron chi connectivity index (χ1n) is 9.51. The molecule has 158 valence electrons. The van der Waals surface area contributed by atoms with Crippen molar-refractivity contribution < 1.29 is 14.3 Å². The highest BCUT2D eigenvalue weighted by molar-refractivity contribution is 7.80. The van der Waals surface area contributed by atoms with Crippen molar-refractivity contribution in [1.82, 2.24) is 20.1 Å². The number of benzene rings is 2. The second-order valence-electron chi connectivity index (χ2n) is 7.03. The Bertz CT molecular complexity index is 1150. The number of amides is 2. The highest BCUT2D eigenvalue weighted by atomic mass is 32.1. The summed E-state index contributed by atoms with van der Waals surface area (Å²) in [4.78, 5) is 30.4. The van der Waals surface area contributed by atoms with Gasteiger partial charge in [0.1, 0.15) is 29.7 Å². The molecule has 2 aromatic carbocycles. The summed E-state index contributed by atoms with van der Waals surface area (Å²) >= 11 is 5.55. The van der Waals surface area contributed by atoms with E-state index in [9.17, 15) is 9.59 Å². The number of primary amides is 1. The third kappa shape index (κ3) is 4.38. The van der Waals surface area contributed by atoms with Gasteiger partial charge in [0, 0.05) is 12.6 Å². The van der Waals surface area contributed by atoms with Gasteiger partial charge in [0.05, 0.1) is 12.2 Å². The molecule has 9 nitrogen and oxygen atoms in total. The molecule has 4 rings (SSSR count). The van der Waals surface area contributed by atoms with Crippen LogP contribution in [0.15, 0.2) is 54.9 Å². The first kappa shape index (κ1) is 20.5. The average Bonchev–Trinajstić information content (AvgIpc) is 3.20. The molecule has 2 amide bonds. The van der Waals surface area contributed by atoms with Crippen molar-refractivity contribution in [3.8, 4) is 5.75 Å². The topological polar surface area (TPSA) is 115 Å². The molecular weight excluding hydrogens is 416 g/mol. The van der Waals surface area contributed by atoms with Crippen LogP contribution < -0.4 is 20.7 Å². The number of nitrogens with one attached hydrogen (secondary N) is 1. The number of nitrogens with two attached hydrogens (primary N) is 1. The Hall–Kier alpha value is -3.79. The molecule has 31 heavy (non-hydrogen) atoms. The van der Waals surface area contributed by atoms with E-state index in [1.807, 2.05) is 30.3 Å². The van der Waals surface area contributed by atoms with Gasteiger partial charge in [-0.15, -0.1) is 5.10 Å². The number of carbonyl (C=O) groups excluding carboxylic acids is 2. The van der Waals surface area contributed by atoms with Gasteiger partial charge in [-0.1, -0.05) is 42.5 Å². The lowest BCUT2D eigenvalue weighted by Gasteiger charge is -2.23. The summed E-state index contributed by atoms with van der Waals surface area (Å²) in [6.07, 6.45) is 1.51. The predicted molar refractivity (Wildman–Crippen MR) is 118 cm³/mol.